The Morgan fingerprint density at radius 1 is 1.00 bits per heavy atom. The summed E-state index contributed by atoms with van der Waals surface area (Å²) in [6.07, 6.45) is 0.0640. The maximum Gasteiger partial charge on any atom is 0.328 e. The first-order chi connectivity index (χ1) is 12.5. The molecule has 26 heavy (non-hydrogen) atoms. The molecule has 3 aromatic rings. The molecular weight excluding hydrogens is 400 g/mol. The maximum absolute atomic E-state index is 12.3. The largest absolute Gasteiger partial charge is 0.328 e. The topological polar surface area (TPSA) is 85.1 Å². The molecule has 2 N–H and O–H groups in total. The minimum atomic E-state index is -0.409. The molecule has 0 spiro atoms. The molecule has 2 aromatic carbocycles. The van der Waals surface area contributed by atoms with Crippen molar-refractivity contribution in [3.8, 4) is 0 Å². The second kappa shape index (κ2) is 7.57. The summed E-state index contributed by atoms with van der Waals surface area (Å²) in [6, 6.07) is 14.2. The fourth-order valence-corrected chi connectivity index (χ4v) is 2.92. The van der Waals surface area contributed by atoms with Gasteiger partial charge in [0.1, 0.15) is 0 Å². The van der Waals surface area contributed by atoms with E-state index in [1.54, 1.807) is 40.4 Å². The van der Waals surface area contributed by atoms with Gasteiger partial charge in [-0.25, -0.2) is 4.79 Å². The van der Waals surface area contributed by atoms with Gasteiger partial charge in [-0.3, -0.25) is 29.6 Å². The third kappa shape index (κ3) is 3.70. The standard InChI is InChI=1S/C18H17BrN4O3/c1-22-14-4-2-3-5-15(14)23(18(22)26)11-10-16(24)20-21-17(25)12-6-8-13(19)9-7-12/h2-9H,10-11H2,1H3,(H,20,24)(H,21,25). The summed E-state index contributed by atoms with van der Waals surface area (Å²) in [5, 5.41) is 0. The number of carbonyl (C=O) groups is 2. The van der Waals surface area contributed by atoms with Crippen molar-refractivity contribution in [2.24, 2.45) is 7.05 Å². The van der Waals surface area contributed by atoms with E-state index in [0.717, 1.165) is 15.5 Å². The quantitative estimate of drug-likeness (QED) is 0.637. The van der Waals surface area contributed by atoms with Gasteiger partial charge in [0.2, 0.25) is 5.91 Å². The molecule has 7 nitrogen and oxygen atoms in total. The van der Waals surface area contributed by atoms with E-state index in [4.69, 9.17) is 0 Å². The van der Waals surface area contributed by atoms with Gasteiger partial charge >= 0.3 is 5.69 Å². The van der Waals surface area contributed by atoms with E-state index in [-0.39, 0.29) is 24.6 Å². The molecule has 0 saturated carbocycles. The average molecular weight is 417 g/mol. The zero-order valence-corrected chi connectivity index (χ0v) is 15.6. The van der Waals surface area contributed by atoms with E-state index in [1.165, 1.54) is 0 Å². The molecule has 1 heterocycles. The molecule has 8 heteroatoms. The number of aromatic nitrogens is 2. The lowest BCUT2D eigenvalue weighted by Crippen LogP contribution is -2.42. The Balaban J connectivity index is 1.60. The van der Waals surface area contributed by atoms with Crippen molar-refractivity contribution < 1.29 is 9.59 Å². The van der Waals surface area contributed by atoms with Crippen LogP contribution in [0.25, 0.3) is 11.0 Å². The number of rotatable bonds is 4. The molecule has 0 radical (unpaired) electrons. The molecule has 0 atom stereocenters. The van der Waals surface area contributed by atoms with Gasteiger partial charge in [0.05, 0.1) is 11.0 Å². The number of imidazole rings is 1. The van der Waals surface area contributed by atoms with E-state index in [2.05, 4.69) is 26.8 Å². The molecule has 0 aliphatic carbocycles. The van der Waals surface area contributed by atoms with E-state index < -0.39 is 5.91 Å². The van der Waals surface area contributed by atoms with Crippen LogP contribution in [0.2, 0.25) is 0 Å². The molecule has 0 aliphatic heterocycles. The van der Waals surface area contributed by atoms with Crippen molar-refractivity contribution in [3.63, 3.8) is 0 Å². The molecule has 3 rings (SSSR count). The highest BCUT2D eigenvalue weighted by Gasteiger charge is 2.12. The van der Waals surface area contributed by atoms with Crippen molar-refractivity contribution in [3.05, 3.63) is 69.1 Å². The minimum absolute atomic E-state index is 0.0640. The summed E-state index contributed by atoms with van der Waals surface area (Å²) in [4.78, 5) is 36.3. The predicted octanol–water partition coefficient (Wildman–Crippen LogP) is 1.95. The van der Waals surface area contributed by atoms with Crippen molar-refractivity contribution in [2.75, 3.05) is 0 Å². The van der Waals surface area contributed by atoms with Crippen LogP contribution in [-0.4, -0.2) is 20.9 Å². The molecule has 2 amide bonds. The van der Waals surface area contributed by atoms with Gasteiger partial charge in [0.25, 0.3) is 5.91 Å². The zero-order valence-electron chi connectivity index (χ0n) is 14.0. The number of amides is 2. The number of para-hydroxylation sites is 2. The highest BCUT2D eigenvalue weighted by Crippen LogP contribution is 2.12. The Labute approximate surface area is 157 Å². The molecule has 0 bridgehead atoms. The smallest absolute Gasteiger partial charge is 0.295 e. The van der Waals surface area contributed by atoms with Crippen LogP contribution < -0.4 is 16.5 Å². The second-order valence-corrected chi connectivity index (χ2v) is 6.66. The molecule has 1 aromatic heterocycles. The molecule has 0 saturated heterocycles. The van der Waals surface area contributed by atoms with Crippen molar-refractivity contribution >= 4 is 38.8 Å². The van der Waals surface area contributed by atoms with Crippen molar-refractivity contribution in [1.82, 2.24) is 20.0 Å². The number of aryl methyl sites for hydroxylation is 2. The number of hydrogen-bond donors (Lipinski definition) is 2. The van der Waals surface area contributed by atoms with Gasteiger partial charge in [0.15, 0.2) is 0 Å². The van der Waals surface area contributed by atoms with Crippen LogP contribution in [0.4, 0.5) is 0 Å². The Morgan fingerprint density at radius 2 is 1.65 bits per heavy atom. The number of halogens is 1. The van der Waals surface area contributed by atoms with Crippen molar-refractivity contribution in [1.29, 1.82) is 0 Å². The first-order valence-electron chi connectivity index (χ1n) is 7.96. The number of hydrogen-bond acceptors (Lipinski definition) is 3. The summed E-state index contributed by atoms with van der Waals surface area (Å²) in [5.41, 5.74) is 6.56. The Morgan fingerprint density at radius 3 is 2.35 bits per heavy atom. The van der Waals surface area contributed by atoms with Crippen molar-refractivity contribution in [2.45, 2.75) is 13.0 Å². The third-order valence-electron chi connectivity index (χ3n) is 4.04. The second-order valence-electron chi connectivity index (χ2n) is 5.74. The van der Waals surface area contributed by atoms with Gasteiger partial charge in [-0.2, -0.15) is 0 Å². The molecular formula is C18H17BrN4O3. The average Bonchev–Trinajstić information content (AvgIpc) is 2.89. The summed E-state index contributed by atoms with van der Waals surface area (Å²) in [5.74, 6) is -0.788. The molecule has 0 aliphatic rings. The van der Waals surface area contributed by atoms with Crippen LogP contribution in [0, 0.1) is 0 Å². The fraction of sp³-hybridized carbons (Fsp3) is 0.167. The van der Waals surface area contributed by atoms with Crippen LogP contribution in [0.1, 0.15) is 16.8 Å². The van der Waals surface area contributed by atoms with Gasteiger partial charge in [-0.05, 0) is 36.4 Å². The van der Waals surface area contributed by atoms with Crippen LogP contribution in [0.3, 0.4) is 0 Å². The molecule has 0 unspecified atom stereocenters. The Kier molecular flexibility index (Phi) is 5.22. The van der Waals surface area contributed by atoms with E-state index in [9.17, 15) is 14.4 Å². The first-order valence-corrected chi connectivity index (χ1v) is 8.75. The summed E-state index contributed by atoms with van der Waals surface area (Å²) >= 11 is 3.29. The number of carbonyl (C=O) groups excluding carboxylic acids is 2. The third-order valence-corrected chi connectivity index (χ3v) is 4.56. The molecule has 134 valence electrons. The normalized spacial score (nSPS) is 10.7. The van der Waals surface area contributed by atoms with Crippen LogP contribution in [0.5, 0.6) is 0 Å². The minimum Gasteiger partial charge on any atom is -0.295 e. The maximum atomic E-state index is 12.3. The van der Waals surface area contributed by atoms with E-state index in [1.807, 2.05) is 24.3 Å². The van der Waals surface area contributed by atoms with E-state index >= 15 is 0 Å². The van der Waals surface area contributed by atoms with Crippen LogP contribution in [-0.2, 0) is 18.4 Å². The summed E-state index contributed by atoms with van der Waals surface area (Å²) in [7, 11) is 1.69. The van der Waals surface area contributed by atoms with E-state index in [0.29, 0.717) is 5.56 Å². The summed E-state index contributed by atoms with van der Waals surface area (Å²) < 4.78 is 3.95. The van der Waals surface area contributed by atoms with Gasteiger partial charge in [0, 0.05) is 30.0 Å². The predicted molar refractivity (Wildman–Crippen MR) is 102 cm³/mol. The SMILES string of the molecule is Cn1c(=O)n(CCC(=O)NNC(=O)c2ccc(Br)cc2)c2ccccc21. The highest BCUT2D eigenvalue weighted by atomic mass is 79.9. The Bertz CT molecular complexity index is 1020. The number of hydrazine groups is 1. The highest BCUT2D eigenvalue weighted by molar-refractivity contribution is 9.10. The number of nitrogens with zero attached hydrogens (tertiary/aromatic N) is 2. The number of fused-ring (bicyclic) bond motifs is 1. The number of benzene rings is 2. The fourth-order valence-electron chi connectivity index (χ4n) is 2.66. The number of nitrogens with one attached hydrogen (secondary N) is 2. The molecule has 0 fully saturated rings. The first kappa shape index (κ1) is 17.9. The lowest BCUT2D eigenvalue weighted by molar-refractivity contribution is -0.122. The summed E-state index contributed by atoms with van der Waals surface area (Å²) in [6.45, 7) is 0.222. The van der Waals surface area contributed by atoms with Gasteiger partial charge < -0.3 is 0 Å². The zero-order chi connectivity index (χ0) is 18.7. The lowest BCUT2D eigenvalue weighted by Gasteiger charge is -2.08. The van der Waals surface area contributed by atoms with Gasteiger partial charge in [-0.1, -0.05) is 28.1 Å². The monoisotopic (exact) mass is 416 g/mol. The van der Waals surface area contributed by atoms with Crippen LogP contribution >= 0.6 is 15.9 Å². The van der Waals surface area contributed by atoms with Crippen LogP contribution in [0.15, 0.2) is 57.8 Å². The van der Waals surface area contributed by atoms with Gasteiger partial charge in [-0.15, -0.1) is 0 Å². The lowest BCUT2D eigenvalue weighted by atomic mass is 10.2. The Hall–Kier alpha value is -2.87.